The number of pyridine rings is 1. The number of thioether (sulfide) groups is 1. The number of aryl methyl sites for hydroxylation is 1. The Hall–Kier alpha value is -2.01. The van der Waals surface area contributed by atoms with Crippen LogP contribution in [0.25, 0.3) is 11.0 Å². The Morgan fingerprint density at radius 2 is 2.04 bits per heavy atom. The van der Waals surface area contributed by atoms with Gasteiger partial charge in [0.25, 0.3) is 0 Å². The number of hydrogen-bond donors (Lipinski definition) is 1. The summed E-state index contributed by atoms with van der Waals surface area (Å²) in [5.74, 6) is 2.50. The number of aromatic nitrogens is 3. The molecule has 2 heterocycles. The number of imidazole rings is 1. The van der Waals surface area contributed by atoms with E-state index < -0.39 is 0 Å². The summed E-state index contributed by atoms with van der Waals surface area (Å²) >= 11 is 1.69. The molecular weight excluding hydrogens is 330 g/mol. The Bertz CT molecular complexity index is 915. The van der Waals surface area contributed by atoms with Crippen molar-refractivity contribution in [2.75, 3.05) is 6.61 Å². The van der Waals surface area contributed by atoms with Crippen molar-refractivity contribution in [2.45, 2.75) is 44.5 Å². The summed E-state index contributed by atoms with van der Waals surface area (Å²) in [7, 11) is 0. The standard InChI is InChI=1S/C20H23N3OS/c1-12-9-21-19(14(3)13(12)2)11-25-20-22-17-7-6-16(8-18(17)23-20)24-10-15-4-5-15/h6-9,15H,4-5,10-11H2,1-3H3,(H,22,23). The van der Waals surface area contributed by atoms with E-state index in [1.165, 1.54) is 29.5 Å². The van der Waals surface area contributed by atoms with Crippen molar-refractivity contribution in [3.05, 3.63) is 46.8 Å². The summed E-state index contributed by atoms with van der Waals surface area (Å²) in [6.07, 6.45) is 4.57. The van der Waals surface area contributed by atoms with Gasteiger partial charge in [-0.15, -0.1) is 0 Å². The number of aromatic amines is 1. The highest BCUT2D eigenvalue weighted by Gasteiger charge is 2.22. The molecule has 5 heteroatoms. The molecule has 1 fully saturated rings. The molecule has 0 bridgehead atoms. The van der Waals surface area contributed by atoms with E-state index >= 15 is 0 Å². The van der Waals surface area contributed by atoms with Crippen LogP contribution in [0.15, 0.2) is 29.6 Å². The van der Waals surface area contributed by atoms with Gasteiger partial charge in [-0.05, 0) is 68.4 Å². The second kappa shape index (κ2) is 6.71. The summed E-state index contributed by atoms with van der Waals surface area (Å²) in [5.41, 5.74) is 6.98. The molecule has 1 aliphatic carbocycles. The highest BCUT2D eigenvalue weighted by atomic mass is 32.2. The first-order chi connectivity index (χ1) is 12.1. The summed E-state index contributed by atoms with van der Waals surface area (Å²) in [6, 6.07) is 6.08. The number of hydrogen-bond acceptors (Lipinski definition) is 4. The van der Waals surface area contributed by atoms with Gasteiger partial charge in [0.1, 0.15) is 5.75 Å². The van der Waals surface area contributed by atoms with Gasteiger partial charge in [-0.3, -0.25) is 4.98 Å². The Kier molecular flexibility index (Phi) is 4.42. The molecule has 0 atom stereocenters. The van der Waals surface area contributed by atoms with Crippen LogP contribution in [0.4, 0.5) is 0 Å². The monoisotopic (exact) mass is 353 g/mol. The summed E-state index contributed by atoms with van der Waals surface area (Å²) in [4.78, 5) is 12.7. The average Bonchev–Trinajstić information content (AvgIpc) is 3.35. The molecule has 0 amide bonds. The predicted molar refractivity (Wildman–Crippen MR) is 102 cm³/mol. The number of H-pyrrole nitrogens is 1. The van der Waals surface area contributed by atoms with E-state index in [1.54, 1.807) is 11.8 Å². The van der Waals surface area contributed by atoms with Gasteiger partial charge >= 0.3 is 0 Å². The first kappa shape index (κ1) is 16.5. The Balaban J connectivity index is 1.47. The van der Waals surface area contributed by atoms with Crippen LogP contribution in [0.5, 0.6) is 5.75 Å². The third-order valence-corrected chi connectivity index (χ3v) is 5.85. The van der Waals surface area contributed by atoms with Crippen molar-refractivity contribution >= 4 is 22.8 Å². The SMILES string of the molecule is Cc1cnc(CSc2nc3ccc(OCC4CC4)cc3[nH]2)c(C)c1C. The van der Waals surface area contributed by atoms with Crippen molar-refractivity contribution in [1.82, 2.24) is 15.0 Å². The van der Waals surface area contributed by atoms with Gasteiger partial charge in [-0.25, -0.2) is 4.98 Å². The smallest absolute Gasteiger partial charge is 0.166 e. The van der Waals surface area contributed by atoms with Crippen LogP contribution in [0, 0.1) is 26.7 Å². The maximum Gasteiger partial charge on any atom is 0.166 e. The quantitative estimate of drug-likeness (QED) is 0.636. The zero-order valence-electron chi connectivity index (χ0n) is 14.9. The Morgan fingerprint density at radius 1 is 1.20 bits per heavy atom. The molecule has 1 N–H and O–H groups in total. The molecule has 0 aliphatic heterocycles. The second-order valence-corrected chi connectivity index (χ2v) is 7.87. The number of rotatable bonds is 6. The van der Waals surface area contributed by atoms with E-state index in [0.29, 0.717) is 0 Å². The summed E-state index contributed by atoms with van der Waals surface area (Å²) in [6.45, 7) is 7.24. The lowest BCUT2D eigenvalue weighted by Crippen LogP contribution is -1.98. The van der Waals surface area contributed by atoms with Crippen LogP contribution in [-0.2, 0) is 5.75 Å². The molecule has 25 heavy (non-hydrogen) atoms. The van der Waals surface area contributed by atoms with Crippen LogP contribution in [0.1, 0.15) is 35.2 Å². The maximum absolute atomic E-state index is 5.85. The third-order valence-electron chi connectivity index (χ3n) is 4.96. The minimum atomic E-state index is 0.761. The Morgan fingerprint density at radius 3 is 2.84 bits per heavy atom. The molecule has 130 valence electrons. The van der Waals surface area contributed by atoms with Crippen molar-refractivity contribution in [1.29, 1.82) is 0 Å². The van der Waals surface area contributed by atoms with Gasteiger partial charge in [-0.1, -0.05) is 11.8 Å². The van der Waals surface area contributed by atoms with Crippen LogP contribution in [0.3, 0.4) is 0 Å². The Labute approximate surface area is 152 Å². The molecule has 0 saturated heterocycles. The fourth-order valence-electron chi connectivity index (χ4n) is 2.78. The molecular formula is C20H23N3OS. The number of ether oxygens (including phenoxy) is 1. The van der Waals surface area contributed by atoms with Crippen molar-refractivity contribution in [3.63, 3.8) is 0 Å². The highest BCUT2D eigenvalue weighted by molar-refractivity contribution is 7.98. The van der Waals surface area contributed by atoms with Crippen molar-refractivity contribution in [2.24, 2.45) is 5.92 Å². The number of fused-ring (bicyclic) bond motifs is 1. The second-order valence-electron chi connectivity index (χ2n) is 6.90. The first-order valence-corrected chi connectivity index (χ1v) is 9.76. The van der Waals surface area contributed by atoms with E-state index in [2.05, 4.69) is 35.7 Å². The lowest BCUT2D eigenvalue weighted by Gasteiger charge is -2.09. The molecule has 4 rings (SSSR count). The van der Waals surface area contributed by atoms with E-state index in [4.69, 9.17) is 4.74 Å². The summed E-state index contributed by atoms with van der Waals surface area (Å²) < 4.78 is 5.85. The lowest BCUT2D eigenvalue weighted by molar-refractivity contribution is 0.300. The van der Waals surface area contributed by atoms with Crippen LogP contribution in [-0.4, -0.2) is 21.6 Å². The molecule has 1 aromatic carbocycles. The van der Waals surface area contributed by atoms with Gasteiger partial charge in [-0.2, -0.15) is 0 Å². The fourth-order valence-corrected chi connectivity index (χ4v) is 3.69. The third kappa shape index (κ3) is 3.66. The van der Waals surface area contributed by atoms with Gasteiger partial charge in [0.2, 0.25) is 0 Å². The molecule has 0 spiro atoms. The zero-order valence-corrected chi connectivity index (χ0v) is 15.7. The van der Waals surface area contributed by atoms with Gasteiger partial charge in [0.05, 0.1) is 23.3 Å². The minimum absolute atomic E-state index is 0.761. The molecule has 1 saturated carbocycles. The molecule has 3 aromatic rings. The number of benzene rings is 1. The van der Waals surface area contributed by atoms with E-state index in [-0.39, 0.29) is 0 Å². The molecule has 0 radical (unpaired) electrons. The fraction of sp³-hybridized carbons (Fsp3) is 0.400. The first-order valence-electron chi connectivity index (χ1n) is 8.77. The molecule has 0 unspecified atom stereocenters. The molecule has 1 aliphatic rings. The van der Waals surface area contributed by atoms with E-state index in [1.807, 2.05) is 24.4 Å². The van der Waals surface area contributed by atoms with Crippen molar-refractivity contribution in [3.8, 4) is 5.75 Å². The van der Waals surface area contributed by atoms with Crippen LogP contribution < -0.4 is 4.74 Å². The van der Waals surface area contributed by atoms with Crippen LogP contribution >= 0.6 is 11.8 Å². The molecule has 2 aromatic heterocycles. The zero-order chi connectivity index (χ0) is 17.4. The normalized spacial score (nSPS) is 14.2. The number of nitrogens with one attached hydrogen (secondary N) is 1. The van der Waals surface area contributed by atoms with Gasteiger partial charge < -0.3 is 9.72 Å². The predicted octanol–water partition coefficient (Wildman–Crippen LogP) is 4.96. The van der Waals surface area contributed by atoms with E-state index in [0.717, 1.165) is 45.9 Å². The average molecular weight is 353 g/mol. The maximum atomic E-state index is 5.85. The van der Waals surface area contributed by atoms with Crippen LogP contribution in [0.2, 0.25) is 0 Å². The van der Waals surface area contributed by atoms with Gasteiger partial charge in [0.15, 0.2) is 5.16 Å². The number of nitrogens with zero attached hydrogens (tertiary/aromatic N) is 2. The minimum Gasteiger partial charge on any atom is -0.493 e. The largest absolute Gasteiger partial charge is 0.493 e. The lowest BCUT2D eigenvalue weighted by atomic mass is 10.1. The van der Waals surface area contributed by atoms with E-state index in [9.17, 15) is 0 Å². The van der Waals surface area contributed by atoms with Gasteiger partial charge in [0, 0.05) is 18.0 Å². The topological polar surface area (TPSA) is 50.8 Å². The highest BCUT2D eigenvalue weighted by Crippen LogP contribution is 2.31. The molecule has 4 nitrogen and oxygen atoms in total. The van der Waals surface area contributed by atoms with Crippen molar-refractivity contribution < 1.29 is 4.74 Å². The summed E-state index contributed by atoms with van der Waals surface area (Å²) in [5, 5.41) is 0.925.